The lowest BCUT2D eigenvalue weighted by Gasteiger charge is -2.03. The van der Waals surface area contributed by atoms with Crippen molar-refractivity contribution in [2.45, 2.75) is 25.7 Å². The second-order valence-corrected chi connectivity index (χ2v) is 6.42. The number of ketones is 2. The molecule has 0 aliphatic carbocycles. The highest BCUT2D eigenvalue weighted by Gasteiger charge is 2.19. The van der Waals surface area contributed by atoms with Crippen molar-refractivity contribution in [3.63, 3.8) is 0 Å². The summed E-state index contributed by atoms with van der Waals surface area (Å²) in [6.07, 6.45) is 0. The Kier molecular flexibility index (Phi) is 5.08. The van der Waals surface area contributed by atoms with Crippen LogP contribution in [0.4, 0.5) is 4.39 Å². The van der Waals surface area contributed by atoms with Crippen LogP contribution in [0.25, 0.3) is 0 Å². The first-order chi connectivity index (χ1) is 10.3. The number of hydrogen-bond acceptors (Lipinski definition) is 3. The fraction of sp³-hybridized carbons (Fsp3) is 0.250. The maximum absolute atomic E-state index is 13.1. The van der Waals surface area contributed by atoms with Gasteiger partial charge in [-0.05, 0) is 44.5 Å². The zero-order valence-electron chi connectivity index (χ0n) is 12.4. The van der Waals surface area contributed by atoms with E-state index in [1.54, 1.807) is 19.9 Å². The van der Waals surface area contributed by atoms with Crippen LogP contribution in [0, 0.1) is 19.7 Å². The molecule has 0 atom stereocenters. The predicted octanol–water partition coefficient (Wildman–Crippen LogP) is 4.60. The molecule has 0 unspecified atom stereocenters. The SMILES string of the molecule is CC(=O)c1c(C)[nH]c(C(=O)CSc2ccc(F)c(Cl)c2)c1C. The molecule has 1 heterocycles. The molecule has 2 aromatic rings. The number of halogens is 2. The summed E-state index contributed by atoms with van der Waals surface area (Å²) in [7, 11) is 0. The van der Waals surface area contributed by atoms with Crippen molar-refractivity contribution in [1.29, 1.82) is 0 Å². The highest BCUT2D eigenvalue weighted by molar-refractivity contribution is 8.00. The van der Waals surface area contributed by atoms with E-state index >= 15 is 0 Å². The topological polar surface area (TPSA) is 49.9 Å². The van der Waals surface area contributed by atoms with E-state index in [1.807, 2.05) is 0 Å². The summed E-state index contributed by atoms with van der Waals surface area (Å²) >= 11 is 6.99. The molecule has 2 rings (SSSR count). The number of carbonyl (C=O) groups is 2. The molecule has 0 saturated heterocycles. The van der Waals surface area contributed by atoms with Crippen LogP contribution < -0.4 is 0 Å². The van der Waals surface area contributed by atoms with Crippen molar-refractivity contribution in [2.24, 2.45) is 0 Å². The predicted molar refractivity (Wildman–Crippen MR) is 86.7 cm³/mol. The van der Waals surface area contributed by atoms with Crippen LogP contribution in [-0.2, 0) is 0 Å². The van der Waals surface area contributed by atoms with Crippen LogP contribution in [0.5, 0.6) is 0 Å². The first-order valence-corrected chi connectivity index (χ1v) is 7.98. The van der Waals surface area contributed by atoms with E-state index in [-0.39, 0.29) is 22.3 Å². The number of carbonyl (C=O) groups excluding carboxylic acids is 2. The van der Waals surface area contributed by atoms with Gasteiger partial charge in [0.1, 0.15) is 5.82 Å². The van der Waals surface area contributed by atoms with E-state index in [1.165, 1.54) is 30.8 Å². The number of aromatic amines is 1. The van der Waals surface area contributed by atoms with E-state index < -0.39 is 5.82 Å². The Labute approximate surface area is 137 Å². The Morgan fingerprint density at radius 1 is 1.32 bits per heavy atom. The van der Waals surface area contributed by atoms with Crippen LogP contribution in [0.15, 0.2) is 23.1 Å². The van der Waals surface area contributed by atoms with Crippen molar-refractivity contribution < 1.29 is 14.0 Å². The molecule has 1 aromatic heterocycles. The summed E-state index contributed by atoms with van der Waals surface area (Å²) in [6.45, 7) is 5.01. The number of aromatic nitrogens is 1. The normalized spacial score (nSPS) is 10.8. The van der Waals surface area contributed by atoms with Crippen molar-refractivity contribution in [3.05, 3.63) is 51.6 Å². The highest BCUT2D eigenvalue weighted by atomic mass is 35.5. The minimum atomic E-state index is -0.487. The van der Waals surface area contributed by atoms with Crippen LogP contribution in [0.1, 0.15) is 39.0 Å². The average Bonchev–Trinajstić information content (AvgIpc) is 2.75. The first-order valence-electron chi connectivity index (χ1n) is 6.62. The number of Topliss-reactive ketones (excluding diaryl/α,β-unsaturated/α-hetero) is 2. The summed E-state index contributed by atoms with van der Waals surface area (Å²) in [6, 6.07) is 4.34. The minimum Gasteiger partial charge on any atom is -0.355 e. The summed E-state index contributed by atoms with van der Waals surface area (Å²) < 4.78 is 13.1. The third-order valence-electron chi connectivity index (χ3n) is 3.33. The molecule has 0 aliphatic heterocycles. The zero-order valence-corrected chi connectivity index (χ0v) is 14.0. The van der Waals surface area contributed by atoms with Gasteiger partial charge in [0, 0.05) is 16.2 Å². The molecule has 1 N–H and O–H groups in total. The third-order valence-corrected chi connectivity index (χ3v) is 4.61. The summed E-state index contributed by atoms with van der Waals surface area (Å²) in [4.78, 5) is 27.6. The number of nitrogens with one attached hydrogen (secondary N) is 1. The standard InChI is InChI=1S/C16H15ClFNO2S/c1-8-15(10(3)20)9(2)19-16(8)14(21)7-22-11-4-5-13(18)12(17)6-11/h4-6,19H,7H2,1-3H3. The van der Waals surface area contributed by atoms with Gasteiger partial charge in [-0.15, -0.1) is 11.8 Å². The fourth-order valence-corrected chi connectivity index (χ4v) is 3.40. The van der Waals surface area contributed by atoms with Gasteiger partial charge in [0.2, 0.25) is 0 Å². The maximum atomic E-state index is 13.1. The lowest BCUT2D eigenvalue weighted by atomic mass is 10.1. The van der Waals surface area contributed by atoms with Crippen LogP contribution in [0.3, 0.4) is 0 Å². The van der Waals surface area contributed by atoms with Gasteiger partial charge in [-0.1, -0.05) is 11.6 Å². The smallest absolute Gasteiger partial charge is 0.189 e. The molecular formula is C16H15ClFNO2S. The van der Waals surface area contributed by atoms with Crippen molar-refractivity contribution >= 4 is 34.9 Å². The molecule has 1 aromatic carbocycles. The summed E-state index contributed by atoms with van der Waals surface area (Å²) in [5.74, 6) is -0.485. The molecule has 0 bridgehead atoms. The molecule has 22 heavy (non-hydrogen) atoms. The highest BCUT2D eigenvalue weighted by Crippen LogP contribution is 2.26. The Morgan fingerprint density at radius 2 is 2.00 bits per heavy atom. The molecule has 0 saturated carbocycles. The number of thioether (sulfide) groups is 1. The van der Waals surface area contributed by atoms with E-state index in [4.69, 9.17) is 11.6 Å². The number of aryl methyl sites for hydroxylation is 1. The molecule has 116 valence electrons. The van der Waals surface area contributed by atoms with Crippen LogP contribution in [0.2, 0.25) is 5.02 Å². The van der Waals surface area contributed by atoms with Gasteiger partial charge < -0.3 is 4.98 Å². The van der Waals surface area contributed by atoms with Gasteiger partial charge in [0.15, 0.2) is 11.6 Å². The lowest BCUT2D eigenvalue weighted by molar-refractivity contribution is 0.101. The molecule has 0 amide bonds. The molecule has 6 heteroatoms. The maximum Gasteiger partial charge on any atom is 0.189 e. The van der Waals surface area contributed by atoms with E-state index in [2.05, 4.69) is 4.98 Å². The minimum absolute atomic E-state index is 0.0308. The van der Waals surface area contributed by atoms with Gasteiger partial charge >= 0.3 is 0 Å². The van der Waals surface area contributed by atoms with Gasteiger partial charge in [0.25, 0.3) is 0 Å². The van der Waals surface area contributed by atoms with Crippen molar-refractivity contribution in [2.75, 3.05) is 5.75 Å². The molecule has 0 radical (unpaired) electrons. The molecule has 0 spiro atoms. The Hall–Kier alpha value is -1.59. The van der Waals surface area contributed by atoms with Gasteiger partial charge in [-0.25, -0.2) is 4.39 Å². The monoisotopic (exact) mass is 339 g/mol. The van der Waals surface area contributed by atoms with Crippen molar-refractivity contribution in [3.8, 4) is 0 Å². The molecule has 0 fully saturated rings. The Morgan fingerprint density at radius 3 is 2.55 bits per heavy atom. The van der Waals surface area contributed by atoms with E-state index in [9.17, 15) is 14.0 Å². The van der Waals surface area contributed by atoms with Crippen molar-refractivity contribution in [1.82, 2.24) is 4.98 Å². The fourth-order valence-electron chi connectivity index (χ4n) is 2.34. The van der Waals surface area contributed by atoms with Crippen LogP contribution in [-0.4, -0.2) is 22.3 Å². The lowest BCUT2D eigenvalue weighted by Crippen LogP contribution is -2.05. The number of benzene rings is 1. The third kappa shape index (κ3) is 3.42. The summed E-state index contributed by atoms with van der Waals surface area (Å²) in [5.41, 5.74) is 2.39. The van der Waals surface area contributed by atoms with E-state index in [0.29, 0.717) is 27.4 Å². The van der Waals surface area contributed by atoms with Gasteiger partial charge in [0.05, 0.1) is 16.5 Å². The quantitative estimate of drug-likeness (QED) is 0.639. The Balaban J connectivity index is 2.14. The Bertz CT molecular complexity index is 755. The number of hydrogen-bond donors (Lipinski definition) is 1. The number of H-pyrrole nitrogens is 1. The second kappa shape index (κ2) is 6.67. The summed E-state index contributed by atoms with van der Waals surface area (Å²) in [5, 5.41) is 0.0308. The van der Waals surface area contributed by atoms with Gasteiger partial charge in [-0.2, -0.15) is 0 Å². The molecular weight excluding hydrogens is 325 g/mol. The molecule has 0 aliphatic rings. The van der Waals surface area contributed by atoms with Crippen LogP contribution >= 0.6 is 23.4 Å². The first kappa shape index (κ1) is 16.8. The second-order valence-electron chi connectivity index (χ2n) is 4.97. The number of rotatable bonds is 5. The molecule has 3 nitrogen and oxygen atoms in total. The largest absolute Gasteiger partial charge is 0.355 e. The zero-order chi connectivity index (χ0) is 16.4. The average molecular weight is 340 g/mol. The van der Waals surface area contributed by atoms with E-state index in [0.717, 1.165) is 0 Å². The van der Waals surface area contributed by atoms with Gasteiger partial charge in [-0.3, -0.25) is 9.59 Å².